The first-order valence-corrected chi connectivity index (χ1v) is 5.73. The van der Waals surface area contributed by atoms with Gasteiger partial charge in [-0.3, -0.25) is 4.79 Å². The van der Waals surface area contributed by atoms with Crippen molar-refractivity contribution < 1.29 is 4.79 Å². The van der Waals surface area contributed by atoms with Gasteiger partial charge in [-0.05, 0) is 25.0 Å². The van der Waals surface area contributed by atoms with Crippen LogP contribution in [0.1, 0.15) is 12.8 Å². The summed E-state index contributed by atoms with van der Waals surface area (Å²) in [5.74, 6) is 0.336. The second-order valence-electron chi connectivity index (χ2n) is 4.25. The highest BCUT2D eigenvalue weighted by Gasteiger charge is 2.29. The van der Waals surface area contributed by atoms with Crippen molar-refractivity contribution in [1.29, 1.82) is 0 Å². The zero-order chi connectivity index (χ0) is 11.7. The fourth-order valence-corrected chi connectivity index (χ4v) is 1.79. The molecule has 17 heavy (non-hydrogen) atoms. The molecule has 0 spiro atoms. The first kappa shape index (κ1) is 10.1. The quantitative estimate of drug-likeness (QED) is 0.874. The van der Waals surface area contributed by atoms with Gasteiger partial charge in [0, 0.05) is 18.3 Å². The number of hydrogen-bond donors (Lipinski definition) is 1. The zero-order valence-electron chi connectivity index (χ0n) is 9.34. The lowest BCUT2D eigenvalue weighted by molar-refractivity contribution is -0.117. The number of nitrogens with one attached hydrogen (secondary N) is 1. The molecule has 2 aromatic rings. The van der Waals surface area contributed by atoms with E-state index >= 15 is 0 Å². The normalized spacial score (nSPS) is 14.6. The molecule has 0 unspecified atom stereocenters. The first-order chi connectivity index (χ1) is 8.34. The van der Waals surface area contributed by atoms with Gasteiger partial charge in [-0.15, -0.1) is 0 Å². The number of hydrogen-bond acceptors (Lipinski definition) is 2. The van der Waals surface area contributed by atoms with Gasteiger partial charge in [0.05, 0.1) is 17.7 Å². The smallest absolute Gasteiger partial charge is 0.227 e. The minimum atomic E-state index is 0.123. The summed E-state index contributed by atoms with van der Waals surface area (Å²) < 4.78 is 1.89. The second-order valence-corrected chi connectivity index (χ2v) is 4.25. The SMILES string of the molecule is O=C(Nc1ccccc1-n1ccnc1)C1CC1. The van der Waals surface area contributed by atoms with Crippen LogP contribution in [0.2, 0.25) is 0 Å². The summed E-state index contributed by atoms with van der Waals surface area (Å²) in [4.78, 5) is 15.8. The summed E-state index contributed by atoms with van der Waals surface area (Å²) in [6, 6.07) is 7.74. The maximum atomic E-state index is 11.8. The van der Waals surface area contributed by atoms with Crippen molar-refractivity contribution in [3.63, 3.8) is 0 Å². The third kappa shape index (κ3) is 2.06. The topological polar surface area (TPSA) is 46.9 Å². The molecule has 4 nitrogen and oxygen atoms in total. The molecule has 1 fully saturated rings. The average Bonchev–Trinajstić information content (AvgIpc) is 3.06. The van der Waals surface area contributed by atoms with E-state index in [0.717, 1.165) is 24.2 Å². The van der Waals surface area contributed by atoms with Gasteiger partial charge in [0.1, 0.15) is 0 Å². The number of amides is 1. The number of anilines is 1. The molecule has 0 radical (unpaired) electrons. The lowest BCUT2D eigenvalue weighted by atomic mass is 10.2. The Labute approximate surface area is 99.3 Å². The van der Waals surface area contributed by atoms with Crippen LogP contribution >= 0.6 is 0 Å². The molecule has 1 aliphatic carbocycles. The Bertz CT molecular complexity index is 529. The van der Waals surface area contributed by atoms with Crippen molar-refractivity contribution in [2.45, 2.75) is 12.8 Å². The predicted octanol–water partition coefficient (Wildman–Crippen LogP) is 2.22. The van der Waals surface area contributed by atoms with Crippen molar-refractivity contribution >= 4 is 11.6 Å². The number of nitrogens with zero attached hydrogens (tertiary/aromatic N) is 2. The van der Waals surface area contributed by atoms with Crippen LogP contribution < -0.4 is 5.32 Å². The van der Waals surface area contributed by atoms with Crippen molar-refractivity contribution in [3.05, 3.63) is 43.0 Å². The Kier molecular flexibility index (Phi) is 2.40. The Morgan fingerprint density at radius 1 is 1.35 bits per heavy atom. The maximum absolute atomic E-state index is 11.8. The highest BCUT2D eigenvalue weighted by Crippen LogP contribution is 2.31. The van der Waals surface area contributed by atoms with E-state index in [2.05, 4.69) is 10.3 Å². The van der Waals surface area contributed by atoms with E-state index in [1.165, 1.54) is 0 Å². The van der Waals surface area contributed by atoms with Gasteiger partial charge in [0.15, 0.2) is 0 Å². The van der Waals surface area contributed by atoms with Crippen LogP contribution in [0.15, 0.2) is 43.0 Å². The largest absolute Gasteiger partial charge is 0.324 e. The lowest BCUT2D eigenvalue weighted by Crippen LogP contribution is -2.14. The van der Waals surface area contributed by atoms with E-state index in [-0.39, 0.29) is 11.8 Å². The van der Waals surface area contributed by atoms with Crippen LogP contribution in [0.4, 0.5) is 5.69 Å². The van der Waals surface area contributed by atoms with E-state index in [1.54, 1.807) is 12.5 Å². The monoisotopic (exact) mass is 227 g/mol. The molecule has 1 aliphatic rings. The van der Waals surface area contributed by atoms with Gasteiger partial charge in [-0.25, -0.2) is 4.98 Å². The summed E-state index contributed by atoms with van der Waals surface area (Å²) in [7, 11) is 0. The highest BCUT2D eigenvalue weighted by molar-refractivity contribution is 5.95. The molecule has 0 bridgehead atoms. The molecule has 3 rings (SSSR count). The number of carbonyl (C=O) groups excluding carboxylic acids is 1. The Morgan fingerprint density at radius 2 is 2.18 bits per heavy atom. The molecule has 0 aliphatic heterocycles. The minimum absolute atomic E-state index is 0.123. The highest BCUT2D eigenvalue weighted by atomic mass is 16.2. The molecule has 1 N–H and O–H groups in total. The van der Waals surface area contributed by atoms with Gasteiger partial charge in [0.2, 0.25) is 5.91 Å². The summed E-state index contributed by atoms with van der Waals surface area (Å²) >= 11 is 0. The minimum Gasteiger partial charge on any atom is -0.324 e. The molecular formula is C13H13N3O. The molecule has 0 atom stereocenters. The fraction of sp³-hybridized carbons (Fsp3) is 0.231. The van der Waals surface area contributed by atoms with Crippen LogP contribution in [0.25, 0.3) is 5.69 Å². The second kappa shape index (κ2) is 4.05. The number of benzene rings is 1. The Balaban J connectivity index is 1.90. The van der Waals surface area contributed by atoms with Gasteiger partial charge in [0.25, 0.3) is 0 Å². The molecule has 1 heterocycles. The average molecular weight is 227 g/mol. The molecule has 4 heteroatoms. The van der Waals surface area contributed by atoms with E-state index in [4.69, 9.17) is 0 Å². The van der Waals surface area contributed by atoms with Gasteiger partial charge >= 0.3 is 0 Å². The summed E-state index contributed by atoms with van der Waals surface area (Å²) in [5, 5.41) is 2.97. The molecule has 0 saturated heterocycles. The molecule has 1 amide bonds. The van der Waals surface area contributed by atoms with Crippen molar-refractivity contribution in [1.82, 2.24) is 9.55 Å². The van der Waals surface area contributed by atoms with Crippen molar-refractivity contribution in [3.8, 4) is 5.69 Å². The Morgan fingerprint density at radius 3 is 2.88 bits per heavy atom. The fourth-order valence-electron chi connectivity index (χ4n) is 1.79. The summed E-state index contributed by atoms with van der Waals surface area (Å²) in [5.41, 5.74) is 1.78. The number of aromatic nitrogens is 2. The third-order valence-corrected chi connectivity index (χ3v) is 2.89. The van der Waals surface area contributed by atoms with E-state index < -0.39 is 0 Å². The molecule has 1 saturated carbocycles. The number of carbonyl (C=O) groups is 1. The Hall–Kier alpha value is -2.10. The predicted molar refractivity (Wildman–Crippen MR) is 64.9 cm³/mol. The lowest BCUT2D eigenvalue weighted by Gasteiger charge is -2.10. The van der Waals surface area contributed by atoms with Crippen LogP contribution in [0.3, 0.4) is 0 Å². The molecule has 1 aromatic heterocycles. The van der Waals surface area contributed by atoms with Crippen LogP contribution in [-0.2, 0) is 4.79 Å². The van der Waals surface area contributed by atoms with E-state index in [1.807, 2.05) is 35.0 Å². The van der Waals surface area contributed by atoms with Crippen LogP contribution in [0.5, 0.6) is 0 Å². The number of rotatable bonds is 3. The van der Waals surface area contributed by atoms with Crippen molar-refractivity contribution in [2.24, 2.45) is 5.92 Å². The molecular weight excluding hydrogens is 214 g/mol. The number of imidazole rings is 1. The summed E-state index contributed by atoms with van der Waals surface area (Å²) in [6.45, 7) is 0. The first-order valence-electron chi connectivity index (χ1n) is 5.73. The molecule has 86 valence electrons. The third-order valence-electron chi connectivity index (χ3n) is 2.89. The van der Waals surface area contributed by atoms with Gasteiger partial charge < -0.3 is 9.88 Å². The van der Waals surface area contributed by atoms with E-state index in [9.17, 15) is 4.79 Å². The van der Waals surface area contributed by atoms with Gasteiger partial charge in [-0.1, -0.05) is 12.1 Å². The zero-order valence-corrected chi connectivity index (χ0v) is 9.34. The van der Waals surface area contributed by atoms with Gasteiger partial charge in [-0.2, -0.15) is 0 Å². The number of para-hydroxylation sites is 2. The van der Waals surface area contributed by atoms with Crippen molar-refractivity contribution in [2.75, 3.05) is 5.32 Å². The molecule has 1 aromatic carbocycles. The standard InChI is InChI=1S/C13H13N3O/c17-13(10-5-6-10)15-11-3-1-2-4-12(11)16-8-7-14-9-16/h1-4,7-10H,5-6H2,(H,15,17). The van der Waals surface area contributed by atoms with Crippen LogP contribution in [0, 0.1) is 5.92 Å². The summed E-state index contributed by atoms with van der Waals surface area (Å²) in [6.07, 6.45) is 7.34. The maximum Gasteiger partial charge on any atom is 0.227 e. The van der Waals surface area contributed by atoms with Crippen LogP contribution in [-0.4, -0.2) is 15.5 Å². The van der Waals surface area contributed by atoms with E-state index in [0.29, 0.717) is 0 Å².